The van der Waals surface area contributed by atoms with Gasteiger partial charge in [-0.3, -0.25) is 9.78 Å². The zero-order chi connectivity index (χ0) is 24.8. The summed E-state index contributed by atoms with van der Waals surface area (Å²) in [6.45, 7) is 1.15. The number of fused-ring (bicyclic) bond motifs is 1. The van der Waals surface area contributed by atoms with Crippen molar-refractivity contribution in [2.75, 3.05) is 41.6 Å². The maximum atomic E-state index is 12.6. The zero-order valence-electron chi connectivity index (χ0n) is 20.2. The fourth-order valence-corrected chi connectivity index (χ4v) is 3.88. The Hall–Kier alpha value is -4.04. The molecule has 0 saturated carbocycles. The van der Waals surface area contributed by atoms with E-state index >= 15 is 0 Å². The van der Waals surface area contributed by atoms with Crippen molar-refractivity contribution < 1.29 is 28.2 Å². The van der Waals surface area contributed by atoms with Gasteiger partial charge in [0.1, 0.15) is 11.3 Å². The molecule has 4 rings (SSSR count). The number of amides is 1. The van der Waals surface area contributed by atoms with Crippen molar-refractivity contribution in [3.05, 3.63) is 60.3 Å². The third-order valence-electron chi connectivity index (χ3n) is 5.61. The number of carbonyl (C=O) groups excluding carboxylic acids is 1. The largest absolute Gasteiger partial charge is 0.493 e. The minimum Gasteiger partial charge on any atom is -0.493 e. The summed E-state index contributed by atoms with van der Waals surface area (Å²) in [5, 5.41) is 2.92. The number of furan rings is 1. The highest BCUT2D eigenvalue weighted by molar-refractivity contribution is 5.98. The number of pyridine rings is 1. The Balaban J connectivity index is 1.70. The summed E-state index contributed by atoms with van der Waals surface area (Å²) in [6, 6.07) is 14.8. The molecule has 8 heteroatoms. The maximum Gasteiger partial charge on any atom is 0.251 e. The zero-order valence-corrected chi connectivity index (χ0v) is 20.2. The molecule has 2 aromatic heterocycles. The van der Waals surface area contributed by atoms with Gasteiger partial charge in [0.05, 0.1) is 21.3 Å². The number of ether oxygens (including phenoxy) is 4. The summed E-state index contributed by atoms with van der Waals surface area (Å²) in [6.07, 6.45) is 2.48. The van der Waals surface area contributed by atoms with Gasteiger partial charge in [0.25, 0.3) is 5.91 Å². The van der Waals surface area contributed by atoms with Gasteiger partial charge in [0.15, 0.2) is 17.1 Å². The van der Waals surface area contributed by atoms with E-state index < -0.39 is 0 Å². The number of hydrogen-bond acceptors (Lipinski definition) is 7. The van der Waals surface area contributed by atoms with Gasteiger partial charge in [-0.2, -0.15) is 0 Å². The highest BCUT2D eigenvalue weighted by Crippen LogP contribution is 2.42. The van der Waals surface area contributed by atoms with Crippen molar-refractivity contribution >= 4 is 17.0 Å². The lowest BCUT2D eigenvalue weighted by Gasteiger charge is -2.13. The molecule has 0 spiro atoms. The van der Waals surface area contributed by atoms with Gasteiger partial charge in [-0.25, -0.2) is 0 Å². The molecular weight excluding hydrogens is 448 g/mol. The second-order valence-electron chi connectivity index (χ2n) is 7.78. The molecule has 0 saturated heterocycles. The van der Waals surface area contributed by atoms with E-state index in [9.17, 15) is 4.79 Å². The van der Waals surface area contributed by atoms with E-state index in [1.807, 2.05) is 42.5 Å². The lowest BCUT2D eigenvalue weighted by molar-refractivity contribution is 0.0948. The average molecular weight is 477 g/mol. The van der Waals surface area contributed by atoms with Gasteiger partial charge in [-0.1, -0.05) is 12.1 Å². The first-order valence-electron chi connectivity index (χ1n) is 11.2. The fourth-order valence-electron chi connectivity index (χ4n) is 3.88. The standard InChI is InChI=1S/C27H28N2O6/c1-31-12-6-10-29-27(30)18-8-5-7-17(13-18)20-9-11-28-21-16-22(35-25(20)21)19-14-23(32-2)26(34-4)24(15-19)33-3/h5,7-9,11,13-16H,6,10,12H2,1-4H3,(H,29,30). The first kappa shape index (κ1) is 24.1. The molecule has 0 radical (unpaired) electrons. The lowest BCUT2D eigenvalue weighted by atomic mass is 10.0. The third-order valence-corrected chi connectivity index (χ3v) is 5.61. The first-order chi connectivity index (χ1) is 17.1. The van der Waals surface area contributed by atoms with Gasteiger partial charge in [-0.15, -0.1) is 0 Å². The molecule has 182 valence electrons. The lowest BCUT2D eigenvalue weighted by Crippen LogP contribution is -2.25. The number of carbonyl (C=O) groups is 1. The summed E-state index contributed by atoms with van der Waals surface area (Å²) >= 11 is 0. The Kier molecular flexibility index (Phi) is 7.52. The Labute approximate surface area is 203 Å². The summed E-state index contributed by atoms with van der Waals surface area (Å²) in [5.41, 5.74) is 4.33. The smallest absolute Gasteiger partial charge is 0.251 e. The highest BCUT2D eigenvalue weighted by Gasteiger charge is 2.18. The minimum absolute atomic E-state index is 0.134. The molecule has 35 heavy (non-hydrogen) atoms. The van der Waals surface area contributed by atoms with Crippen LogP contribution in [0.2, 0.25) is 0 Å². The van der Waals surface area contributed by atoms with E-state index in [1.54, 1.807) is 40.7 Å². The summed E-state index contributed by atoms with van der Waals surface area (Å²) in [4.78, 5) is 17.1. The van der Waals surface area contributed by atoms with Crippen molar-refractivity contribution in [2.45, 2.75) is 6.42 Å². The number of aromatic nitrogens is 1. The molecule has 8 nitrogen and oxygen atoms in total. The molecule has 2 heterocycles. The Morgan fingerprint density at radius 2 is 1.71 bits per heavy atom. The number of rotatable bonds is 10. The van der Waals surface area contributed by atoms with Crippen LogP contribution < -0.4 is 19.5 Å². The molecule has 0 bridgehead atoms. The SMILES string of the molecule is COCCCNC(=O)c1cccc(-c2ccnc3cc(-c4cc(OC)c(OC)c(OC)c4)oc23)c1. The Morgan fingerprint density at radius 3 is 2.40 bits per heavy atom. The third kappa shape index (κ3) is 5.07. The van der Waals surface area contributed by atoms with Crippen LogP contribution in [-0.4, -0.2) is 52.5 Å². The van der Waals surface area contributed by atoms with Crippen molar-refractivity contribution in [3.8, 4) is 39.7 Å². The Morgan fingerprint density at radius 1 is 0.943 bits per heavy atom. The predicted molar refractivity (Wildman–Crippen MR) is 133 cm³/mol. The molecule has 4 aromatic rings. The number of nitrogens with one attached hydrogen (secondary N) is 1. The van der Waals surface area contributed by atoms with Gasteiger partial charge in [-0.05, 0) is 42.3 Å². The highest BCUT2D eigenvalue weighted by atomic mass is 16.5. The number of hydrogen-bond donors (Lipinski definition) is 1. The summed E-state index contributed by atoms with van der Waals surface area (Å²) in [5.74, 6) is 2.03. The minimum atomic E-state index is -0.134. The predicted octanol–water partition coefficient (Wildman–Crippen LogP) is 4.95. The molecule has 2 aromatic carbocycles. The van der Waals surface area contributed by atoms with Crippen LogP contribution in [0.4, 0.5) is 0 Å². The van der Waals surface area contributed by atoms with Gasteiger partial charge in [0, 0.05) is 49.2 Å². The topological polar surface area (TPSA) is 92.1 Å². The van der Waals surface area contributed by atoms with Crippen LogP contribution in [0.3, 0.4) is 0 Å². The molecule has 0 fully saturated rings. The van der Waals surface area contributed by atoms with E-state index in [4.69, 9.17) is 23.4 Å². The van der Waals surface area contributed by atoms with Crippen molar-refractivity contribution in [2.24, 2.45) is 0 Å². The van der Waals surface area contributed by atoms with Crippen LogP contribution in [0, 0.1) is 0 Å². The first-order valence-corrected chi connectivity index (χ1v) is 11.2. The fraction of sp³-hybridized carbons (Fsp3) is 0.259. The van der Waals surface area contributed by atoms with Crippen LogP contribution in [0.5, 0.6) is 17.2 Å². The monoisotopic (exact) mass is 476 g/mol. The van der Waals surface area contributed by atoms with E-state index in [0.29, 0.717) is 52.8 Å². The average Bonchev–Trinajstić information content (AvgIpc) is 3.34. The Bertz CT molecular complexity index is 1310. The van der Waals surface area contributed by atoms with Crippen molar-refractivity contribution in [3.63, 3.8) is 0 Å². The van der Waals surface area contributed by atoms with Crippen molar-refractivity contribution in [1.82, 2.24) is 10.3 Å². The summed E-state index contributed by atoms with van der Waals surface area (Å²) < 4.78 is 27.7. The van der Waals surface area contributed by atoms with Gasteiger partial charge in [0.2, 0.25) is 5.75 Å². The molecule has 0 unspecified atom stereocenters. The number of benzene rings is 2. The molecular formula is C27H28N2O6. The van der Waals surface area contributed by atoms with Crippen LogP contribution in [0.1, 0.15) is 16.8 Å². The second-order valence-corrected chi connectivity index (χ2v) is 7.78. The molecule has 1 amide bonds. The normalized spacial score (nSPS) is 10.9. The molecule has 1 N–H and O–H groups in total. The van der Waals surface area contributed by atoms with Crippen LogP contribution >= 0.6 is 0 Å². The van der Waals surface area contributed by atoms with Crippen LogP contribution in [-0.2, 0) is 4.74 Å². The van der Waals surface area contributed by atoms with Gasteiger partial charge >= 0.3 is 0 Å². The second kappa shape index (κ2) is 10.9. The summed E-state index contributed by atoms with van der Waals surface area (Å²) in [7, 11) is 6.34. The van der Waals surface area contributed by atoms with E-state index in [1.165, 1.54) is 0 Å². The van der Waals surface area contributed by atoms with Crippen LogP contribution in [0.25, 0.3) is 33.6 Å². The van der Waals surface area contributed by atoms with Crippen molar-refractivity contribution in [1.29, 1.82) is 0 Å². The van der Waals surface area contributed by atoms with E-state index in [-0.39, 0.29) is 5.91 Å². The number of nitrogens with zero attached hydrogens (tertiary/aromatic N) is 1. The molecule has 0 aliphatic carbocycles. The molecule has 0 aliphatic heterocycles. The van der Waals surface area contributed by atoms with Gasteiger partial charge < -0.3 is 28.7 Å². The molecule has 0 atom stereocenters. The number of methoxy groups -OCH3 is 4. The van der Waals surface area contributed by atoms with E-state index in [0.717, 1.165) is 23.1 Å². The molecule has 0 aliphatic rings. The maximum absolute atomic E-state index is 12.6. The quantitative estimate of drug-likeness (QED) is 0.324. The van der Waals surface area contributed by atoms with Crippen LogP contribution in [0.15, 0.2) is 59.1 Å². The van der Waals surface area contributed by atoms with E-state index in [2.05, 4.69) is 10.3 Å².